The SMILES string of the molecule is COc1ccc(S(=O)CC(=O)c2ccccc2F)cc1. The van der Waals surface area contributed by atoms with E-state index in [-0.39, 0.29) is 11.3 Å². The number of benzene rings is 2. The molecule has 3 nitrogen and oxygen atoms in total. The molecule has 0 aliphatic carbocycles. The largest absolute Gasteiger partial charge is 0.497 e. The van der Waals surface area contributed by atoms with E-state index in [1.807, 2.05) is 0 Å². The van der Waals surface area contributed by atoms with Gasteiger partial charge in [0.05, 0.1) is 29.2 Å². The first-order chi connectivity index (χ1) is 9.61. The Morgan fingerprint density at radius 1 is 1.15 bits per heavy atom. The highest BCUT2D eigenvalue weighted by Gasteiger charge is 2.15. The smallest absolute Gasteiger partial charge is 0.178 e. The minimum absolute atomic E-state index is 0.0330. The Hall–Kier alpha value is -2.01. The summed E-state index contributed by atoms with van der Waals surface area (Å²) in [6.07, 6.45) is 0. The van der Waals surface area contributed by atoms with Gasteiger partial charge in [-0.25, -0.2) is 4.39 Å². The minimum atomic E-state index is -1.50. The fourth-order valence-corrected chi connectivity index (χ4v) is 2.69. The molecule has 2 aromatic carbocycles. The van der Waals surface area contributed by atoms with Crippen molar-refractivity contribution in [1.29, 1.82) is 0 Å². The third-order valence-corrected chi connectivity index (χ3v) is 4.08. The van der Waals surface area contributed by atoms with Crippen LogP contribution in [0.15, 0.2) is 53.4 Å². The van der Waals surface area contributed by atoms with Gasteiger partial charge in [0, 0.05) is 4.90 Å². The van der Waals surface area contributed by atoms with E-state index in [0.29, 0.717) is 10.6 Å². The normalized spacial score (nSPS) is 11.9. The number of halogens is 1. The molecule has 0 saturated heterocycles. The summed E-state index contributed by atoms with van der Waals surface area (Å²) in [6.45, 7) is 0. The number of Topliss-reactive ketones (excluding diaryl/α,β-unsaturated/α-hetero) is 1. The second-order valence-corrected chi connectivity index (χ2v) is 5.52. The summed E-state index contributed by atoms with van der Waals surface area (Å²) in [7, 11) is 0.0311. The average molecular weight is 292 g/mol. The number of hydrogen-bond donors (Lipinski definition) is 0. The highest BCUT2D eigenvalue weighted by molar-refractivity contribution is 7.85. The maximum atomic E-state index is 13.5. The fraction of sp³-hybridized carbons (Fsp3) is 0.133. The fourth-order valence-electron chi connectivity index (χ4n) is 1.70. The molecule has 0 bridgehead atoms. The van der Waals surface area contributed by atoms with Crippen LogP contribution in [0.25, 0.3) is 0 Å². The number of carbonyl (C=O) groups is 1. The van der Waals surface area contributed by atoms with Crippen LogP contribution in [0, 0.1) is 5.82 Å². The second-order valence-electron chi connectivity index (χ2n) is 4.07. The molecule has 20 heavy (non-hydrogen) atoms. The maximum Gasteiger partial charge on any atom is 0.178 e. The molecule has 0 N–H and O–H groups in total. The summed E-state index contributed by atoms with van der Waals surface area (Å²) in [5, 5.41) is 0. The lowest BCUT2D eigenvalue weighted by molar-refractivity contribution is 0.101. The zero-order valence-corrected chi connectivity index (χ0v) is 11.7. The summed E-state index contributed by atoms with van der Waals surface area (Å²) in [5.41, 5.74) is -0.0330. The summed E-state index contributed by atoms with van der Waals surface area (Å²) in [4.78, 5) is 12.4. The van der Waals surface area contributed by atoms with Crippen molar-refractivity contribution in [2.24, 2.45) is 0 Å². The molecule has 1 unspecified atom stereocenters. The zero-order valence-electron chi connectivity index (χ0n) is 10.8. The predicted octanol–water partition coefficient (Wildman–Crippen LogP) is 2.82. The van der Waals surface area contributed by atoms with Gasteiger partial charge < -0.3 is 4.74 Å². The number of methoxy groups -OCH3 is 1. The van der Waals surface area contributed by atoms with E-state index in [9.17, 15) is 13.4 Å². The number of ether oxygens (including phenoxy) is 1. The lowest BCUT2D eigenvalue weighted by atomic mass is 10.1. The molecular formula is C15H13FO3S. The van der Waals surface area contributed by atoms with Crippen molar-refractivity contribution in [2.75, 3.05) is 12.9 Å². The summed E-state index contributed by atoms with van der Waals surface area (Å²) in [6, 6.07) is 12.3. The van der Waals surface area contributed by atoms with Gasteiger partial charge in [-0.05, 0) is 36.4 Å². The monoisotopic (exact) mass is 292 g/mol. The number of hydrogen-bond acceptors (Lipinski definition) is 3. The molecule has 0 radical (unpaired) electrons. The topological polar surface area (TPSA) is 43.4 Å². The van der Waals surface area contributed by atoms with Gasteiger partial charge in [-0.15, -0.1) is 0 Å². The lowest BCUT2D eigenvalue weighted by Gasteiger charge is -2.04. The molecule has 0 saturated carbocycles. The van der Waals surface area contributed by atoms with Crippen LogP contribution < -0.4 is 4.74 Å². The van der Waals surface area contributed by atoms with Crippen molar-refractivity contribution >= 4 is 16.6 Å². The summed E-state index contributed by atoms with van der Waals surface area (Å²) < 4.78 is 30.5. The molecule has 0 aliphatic heterocycles. The first-order valence-electron chi connectivity index (χ1n) is 5.92. The molecular weight excluding hydrogens is 279 g/mol. The Morgan fingerprint density at radius 2 is 1.80 bits per heavy atom. The molecule has 104 valence electrons. The molecule has 0 aromatic heterocycles. The van der Waals surface area contributed by atoms with Gasteiger partial charge in [-0.1, -0.05) is 12.1 Å². The highest BCUT2D eigenvalue weighted by Crippen LogP contribution is 2.16. The molecule has 0 spiro atoms. The van der Waals surface area contributed by atoms with Crippen LogP contribution in [-0.2, 0) is 10.8 Å². The quantitative estimate of drug-likeness (QED) is 0.796. The van der Waals surface area contributed by atoms with Crippen molar-refractivity contribution in [3.63, 3.8) is 0 Å². The van der Waals surface area contributed by atoms with Gasteiger partial charge >= 0.3 is 0 Å². The standard InChI is InChI=1S/C15H13FO3S/c1-19-11-6-8-12(9-7-11)20(18)10-15(17)13-4-2-3-5-14(13)16/h2-9H,10H2,1H3. The Labute approximate surface area is 118 Å². The van der Waals surface area contributed by atoms with Crippen LogP contribution in [0.5, 0.6) is 5.75 Å². The van der Waals surface area contributed by atoms with Gasteiger partial charge in [-0.3, -0.25) is 9.00 Å². The number of rotatable bonds is 5. The Kier molecular flexibility index (Phi) is 4.63. The first-order valence-corrected chi connectivity index (χ1v) is 7.24. The van der Waals surface area contributed by atoms with E-state index in [1.165, 1.54) is 25.3 Å². The molecule has 0 amide bonds. The van der Waals surface area contributed by atoms with Crippen molar-refractivity contribution in [3.05, 3.63) is 59.9 Å². The van der Waals surface area contributed by atoms with E-state index < -0.39 is 22.4 Å². The minimum Gasteiger partial charge on any atom is -0.497 e. The van der Waals surface area contributed by atoms with Crippen LogP contribution in [0.4, 0.5) is 4.39 Å². The zero-order chi connectivity index (χ0) is 14.5. The van der Waals surface area contributed by atoms with Crippen molar-refractivity contribution < 1.29 is 18.1 Å². The van der Waals surface area contributed by atoms with E-state index in [0.717, 1.165) is 0 Å². The van der Waals surface area contributed by atoms with Gasteiger partial charge in [0.25, 0.3) is 0 Å². The molecule has 1 atom stereocenters. The molecule has 0 fully saturated rings. The number of carbonyl (C=O) groups excluding carboxylic acids is 1. The average Bonchev–Trinajstić information content (AvgIpc) is 2.47. The van der Waals surface area contributed by atoms with E-state index >= 15 is 0 Å². The van der Waals surface area contributed by atoms with Crippen molar-refractivity contribution in [1.82, 2.24) is 0 Å². The van der Waals surface area contributed by atoms with Crippen LogP contribution >= 0.6 is 0 Å². The Balaban J connectivity index is 2.11. The molecule has 5 heteroatoms. The van der Waals surface area contributed by atoms with E-state index in [1.54, 1.807) is 30.3 Å². The van der Waals surface area contributed by atoms with Crippen LogP contribution in [0.1, 0.15) is 10.4 Å². The van der Waals surface area contributed by atoms with Gasteiger partial charge in [0.2, 0.25) is 0 Å². The van der Waals surface area contributed by atoms with Gasteiger partial charge in [-0.2, -0.15) is 0 Å². The Morgan fingerprint density at radius 3 is 2.40 bits per heavy atom. The summed E-state index contributed by atoms with van der Waals surface area (Å²) >= 11 is 0. The van der Waals surface area contributed by atoms with Crippen LogP contribution in [0.3, 0.4) is 0 Å². The lowest BCUT2D eigenvalue weighted by Crippen LogP contribution is -2.12. The highest BCUT2D eigenvalue weighted by atomic mass is 32.2. The maximum absolute atomic E-state index is 13.5. The molecule has 2 aromatic rings. The summed E-state index contributed by atoms with van der Waals surface area (Å²) in [5.74, 6) is -0.666. The van der Waals surface area contributed by atoms with E-state index in [4.69, 9.17) is 4.74 Å². The van der Waals surface area contributed by atoms with E-state index in [2.05, 4.69) is 0 Å². The molecule has 0 aliphatic rings. The van der Waals surface area contributed by atoms with Crippen molar-refractivity contribution in [3.8, 4) is 5.75 Å². The van der Waals surface area contributed by atoms with Crippen LogP contribution in [0.2, 0.25) is 0 Å². The second kappa shape index (κ2) is 6.43. The number of ketones is 1. The third kappa shape index (κ3) is 3.30. The molecule has 2 rings (SSSR count). The Bertz CT molecular complexity index is 638. The molecule has 0 heterocycles. The van der Waals surface area contributed by atoms with Crippen LogP contribution in [-0.4, -0.2) is 22.9 Å². The van der Waals surface area contributed by atoms with Gasteiger partial charge in [0.1, 0.15) is 11.6 Å². The van der Waals surface area contributed by atoms with Crippen molar-refractivity contribution in [2.45, 2.75) is 4.90 Å². The predicted molar refractivity (Wildman–Crippen MR) is 75.0 cm³/mol. The third-order valence-electron chi connectivity index (χ3n) is 2.76. The first kappa shape index (κ1) is 14.4. The van der Waals surface area contributed by atoms with Gasteiger partial charge in [0.15, 0.2) is 5.78 Å².